The number of allylic oxidation sites excluding steroid dienone is 1. The van der Waals surface area contributed by atoms with Crippen LogP contribution in [-0.2, 0) is 0 Å². The number of pyridine rings is 1. The standard InChI is InChI=1S/C14H16N2O/c1-2-17-13-5-12(7-15-9-13)10-3-4-11-8-16-14(11)6-10/h2,5-7,9,11,14,16H,1,3-4,8H2/t11-,14-/m0/s1. The summed E-state index contributed by atoms with van der Waals surface area (Å²) in [5.74, 6) is 1.60. The summed E-state index contributed by atoms with van der Waals surface area (Å²) in [4.78, 5) is 4.21. The fourth-order valence-electron chi connectivity index (χ4n) is 2.53. The molecular weight excluding hydrogens is 212 g/mol. The van der Waals surface area contributed by atoms with E-state index >= 15 is 0 Å². The van der Waals surface area contributed by atoms with Gasteiger partial charge in [0, 0.05) is 18.8 Å². The van der Waals surface area contributed by atoms with E-state index in [1.54, 1.807) is 6.20 Å². The Hall–Kier alpha value is -1.61. The molecule has 1 aliphatic heterocycles. The van der Waals surface area contributed by atoms with Gasteiger partial charge >= 0.3 is 0 Å². The van der Waals surface area contributed by atoms with Gasteiger partial charge in [-0.1, -0.05) is 12.7 Å². The quantitative estimate of drug-likeness (QED) is 0.806. The predicted molar refractivity (Wildman–Crippen MR) is 67.6 cm³/mol. The molecule has 3 heteroatoms. The van der Waals surface area contributed by atoms with Crippen molar-refractivity contribution in [3.8, 4) is 5.75 Å². The number of aromatic nitrogens is 1. The average molecular weight is 228 g/mol. The van der Waals surface area contributed by atoms with Crippen molar-refractivity contribution < 1.29 is 4.74 Å². The zero-order valence-electron chi connectivity index (χ0n) is 9.73. The number of ether oxygens (including phenoxy) is 1. The van der Waals surface area contributed by atoms with Crippen LogP contribution in [0.25, 0.3) is 5.57 Å². The summed E-state index contributed by atoms with van der Waals surface area (Å²) in [5.41, 5.74) is 2.54. The van der Waals surface area contributed by atoms with E-state index in [4.69, 9.17) is 4.74 Å². The summed E-state index contributed by atoms with van der Waals surface area (Å²) in [6, 6.07) is 2.60. The third-order valence-corrected chi connectivity index (χ3v) is 3.59. The van der Waals surface area contributed by atoms with Gasteiger partial charge in [0.05, 0.1) is 12.5 Å². The highest BCUT2D eigenvalue weighted by Gasteiger charge is 2.31. The number of hydrogen-bond acceptors (Lipinski definition) is 3. The molecule has 17 heavy (non-hydrogen) atoms. The molecule has 0 spiro atoms. The molecule has 1 N–H and O–H groups in total. The van der Waals surface area contributed by atoms with E-state index < -0.39 is 0 Å². The molecule has 1 fully saturated rings. The molecule has 2 aliphatic rings. The lowest BCUT2D eigenvalue weighted by molar-refractivity contribution is 0.256. The van der Waals surface area contributed by atoms with Gasteiger partial charge in [-0.15, -0.1) is 0 Å². The first-order valence-corrected chi connectivity index (χ1v) is 6.04. The van der Waals surface area contributed by atoms with Crippen LogP contribution in [0.5, 0.6) is 5.75 Å². The SMILES string of the molecule is C=COc1cncc(C2=C[C@@H]3NC[C@@H]3CC2)c1. The van der Waals surface area contributed by atoms with Crippen LogP contribution in [0.2, 0.25) is 0 Å². The van der Waals surface area contributed by atoms with Crippen molar-refractivity contribution in [2.24, 2.45) is 5.92 Å². The molecule has 0 bridgehead atoms. The lowest BCUT2D eigenvalue weighted by Crippen LogP contribution is -2.52. The smallest absolute Gasteiger partial charge is 0.145 e. The van der Waals surface area contributed by atoms with Crippen LogP contribution in [0.1, 0.15) is 18.4 Å². The van der Waals surface area contributed by atoms with Crippen molar-refractivity contribution in [3.63, 3.8) is 0 Å². The van der Waals surface area contributed by atoms with Gasteiger partial charge in [0.2, 0.25) is 0 Å². The molecule has 1 aliphatic carbocycles. The molecule has 0 amide bonds. The van der Waals surface area contributed by atoms with Gasteiger partial charge in [-0.3, -0.25) is 4.98 Å². The monoisotopic (exact) mass is 228 g/mol. The zero-order chi connectivity index (χ0) is 11.7. The van der Waals surface area contributed by atoms with Crippen molar-refractivity contribution in [1.29, 1.82) is 0 Å². The Morgan fingerprint density at radius 1 is 1.47 bits per heavy atom. The Bertz CT molecular complexity index is 467. The maximum atomic E-state index is 5.26. The van der Waals surface area contributed by atoms with E-state index in [1.165, 1.54) is 24.8 Å². The van der Waals surface area contributed by atoms with Gasteiger partial charge in [-0.25, -0.2) is 0 Å². The Balaban J connectivity index is 1.85. The minimum atomic E-state index is 0.572. The number of nitrogens with zero attached hydrogens (tertiary/aromatic N) is 1. The second-order valence-corrected chi connectivity index (χ2v) is 4.62. The fourth-order valence-corrected chi connectivity index (χ4v) is 2.53. The highest BCUT2D eigenvalue weighted by molar-refractivity contribution is 5.67. The van der Waals surface area contributed by atoms with E-state index in [-0.39, 0.29) is 0 Å². The molecular formula is C14H16N2O. The van der Waals surface area contributed by atoms with Crippen molar-refractivity contribution in [2.75, 3.05) is 6.54 Å². The first-order chi connectivity index (χ1) is 8.36. The second-order valence-electron chi connectivity index (χ2n) is 4.62. The zero-order valence-corrected chi connectivity index (χ0v) is 9.73. The van der Waals surface area contributed by atoms with Gasteiger partial charge in [0.1, 0.15) is 5.75 Å². The van der Waals surface area contributed by atoms with Crippen LogP contribution in [-0.4, -0.2) is 17.6 Å². The normalized spacial score (nSPS) is 26.5. The van der Waals surface area contributed by atoms with Crippen molar-refractivity contribution in [3.05, 3.63) is 42.9 Å². The number of rotatable bonds is 3. The third kappa shape index (κ3) is 1.98. The molecule has 3 nitrogen and oxygen atoms in total. The van der Waals surface area contributed by atoms with E-state index in [0.29, 0.717) is 6.04 Å². The van der Waals surface area contributed by atoms with Crippen LogP contribution in [0.15, 0.2) is 37.4 Å². The minimum absolute atomic E-state index is 0.572. The van der Waals surface area contributed by atoms with E-state index in [9.17, 15) is 0 Å². The summed E-state index contributed by atoms with van der Waals surface area (Å²) in [6.45, 7) is 4.73. The van der Waals surface area contributed by atoms with E-state index in [1.807, 2.05) is 12.3 Å². The molecule has 0 aromatic carbocycles. The molecule has 1 aromatic rings. The maximum Gasteiger partial charge on any atom is 0.145 e. The summed E-state index contributed by atoms with van der Waals surface area (Å²) < 4.78 is 5.26. The fraction of sp³-hybridized carbons (Fsp3) is 0.357. The number of hydrogen-bond donors (Lipinski definition) is 1. The highest BCUT2D eigenvalue weighted by Crippen LogP contribution is 2.34. The van der Waals surface area contributed by atoms with Crippen LogP contribution < -0.4 is 10.1 Å². The molecule has 2 atom stereocenters. The Morgan fingerprint density at radius 2 is 2.41 bits per heavy atom. The van der Waals surface area contributed by atoms with Crippen molar-refractivity contribution in [1.82, 2.24) is 10.3 Å². The molecule has 0 radical (unpaired) electrons. The van der Waals surface area contributed by atoms with Crippen LogP contribution in [0, 0.1) is 5.92 Å². The largest absolute Gasteiger partial charge is 0.464 e. The van der Waals surface area contributed by atoms with Crippen molar-refractivity contribution in [2.45, 2.75) is 18.9 Å². The molecule has 88 valence electrons. The average Bonchev–Trinajstić information content (AvgIpc) is 2.32. The lowest BCUT2D eigenvalue weighted by Gasteiger charge is -2.40. The highest BCUT2D eigenvalue weighted by atomic mass is 16.5. The summed E-state index contributed by atoms with van der Waals surface area (Å²) in [7, 11) is 0. The first-order valence-electron chi connectivity index (χ1n) is 6.04. The topological polar surface area (TPSA) is 34.1 Å². The third-order valence-electron chi connectivity index (χ3n) is 3.59. The molecule has 1 saturated heterocycles. The molecule has 2 heterocycles. The Kier molecular flexibility index (Phi) is 2.69. The van der Waals surface area contributed by atoms with Gasteiger partial charge in [0.25, 0.3) is 0 Å². The Labute approximate surface area is 101 Å². The van der Waals surface area contributed by atoms with E-state index in [0.717, 1.165) is 23.7 Å². The molecule has 3 rings (SSSR count). The Morgan fingerprint density at radius 3 is 3.12 bits per heavy atom. The second kappa shape index (κ2) is 4.34. The summed E-state index contributed by atoms with van der Waals surface area (Å²) in [6.07, 6.45) is 9.80. The predicted octanol–water partition coefficient (Wildman–Crippen LogP) is 2.37. The van der Waals surface area contributed by atoms with Crippen LogP contribution in [0.3, 0.4) is 0 Å². The van der Waals surface area contributed by atoms with Gasteiger partial charge in [-0.2, -0.15) is 0 Å². The van der Waals surface area contributed by atoms with Crippen LogP contribution in [0.4, 0.5) is 0 Å². The summed E-state index contributed by atoms with van der Waals surface area (Å²) in [5, 5.41) is 3.44. The minimum Gasteiger partial charge on any atom is -0.464 e. The molecule has 0 unspecified atom stereocenters. The van der Waals surface area contributed by atoms with Gasteiger partial charge < -0.3 is 10.1 Å². The van der Waals surface area contributed by atoms with Gasteiger partial charge in [-0.05, 0) is 36.0 Å². The van der Waals surface area contributed by atoms with Crippen molar-refractivity contribution >= 4 is 5.57 Å². The maximum absolute atomic E-state index is 5.26. The van der Waals surface area contributed by atoms with E-state index in [2.05, 4.69) is 23.0 Å². The molecule has 0 saturated carbocycles. The van der Waals surface area contributed by atoms with Crippen LogP contribution >= 0.6 is 0 Å². The number of nitrogens with one attached hydrogen (secondary N) is 1. The number of fused-ring (bicyclic) bond motifs is 1. The van der Waals surface area contributed by atoms with Gasteiger partial charge in [0.15, 0.2) is 0 Å². The first kappa shape index (κ1) is 10.5. The molecule has 1 aromatic heterocycles. The lowest BCUT2D eigenvalue weighted by atomic mass is 9.79. The summed E-state index contributed by atoms with van der Waals surface area (Å²) >= 11 is 0.